The zero-order valence-electron chi connectivity index (χ0n) is 18.3. The number of rotatable bonds is 6. The van der Waals surface area contributed by atoms with Crippen molar-refractivity contribution in [2.45, 2.75) is 32.2 Å². The van der Waals surface area contributed by atoms with Crippen LogP contribution >= 0.6 is 0 Å². The Morgan fingerprint density at radius 3 is 2.79 bits per heavy atom. The number of carbonyl (C=O) groups is 1. The molecule has 0 radical (unpaired) electrons. The molecule has 2 aromatic heterocycles. The van der Waals surface area contributed by atoms with Crippen molar-refractivity contribution in [3.05, 3.63) is 65.6 Å². The summed E-state index contributed by atoms with van der Waals surface area (Å²) in [6.45, 7) is 2.48. The second-order valence-corrected chi connectivity index (χ2v) is 9.76. The lowest BCUT2D eigenvalue weighted by Gasteiger charge is -2.38. The molecule has 33 heavy (non-hydrogen) atoms. The zero-order valence-corrected chi connectivity index (χ0v) is 19.1. The highest BCUT2D eigenvalue weighted by atomic mass is 32.2. The number of anilines is 1. The molecule has 1 aliphatic heterocycles. The number of carbonyl (C=O) groups excluding carboxylic acids is 1. The van der Waals surface area contributed by atoms with Crippen LogP contribution in [0.4, 0.5) is 14.5 Å². The number of amides is 1. The highest BCUT2D eigenvalue weighted by Gasteiger charge is 2.28. The van der Waals surface area contributed by atoms with E-state index in [0.717, 1.165) is 29.3 Å². The molecule has 1 atom stereocenters. The number of benzene rings is 1. The second kappa shape index (κ2) is 9.06. The molecule has 1 amide bonds. The highest BCUT2D eigenvalue weighted by Crippen LogP contribution is 2.36. The summed E-state index contributed by atoms with van der Waals surface area (Å²) in [6, 6.07) is 6.59. The SMILES string of the molecule is CCN(C)S(=O)(=O)NC(=O)c1cnc2ccc(N3CCCCC3c3cc(F)ccc3F)cn12. The number of hydrogen-bond donors (Lipinski definition) is 1. The molecule has 3 aromatic rings. The monoisotopic (exact) mass is 477 g/mol. The second-order valence-electron chi connectivity index (χ2n) is 7.98. The fourth-order valence-electron chi connectivity index (χ4n) is 4.06. The van der Waals surface area contributed by atoms with Gasteiger partial charge in [0.15, 0.2) is 0 Å². The third-order valence-electron chi connectivity index (χ3n) is 5.95. The average molecular weight is 478 g/mol. The number of piperidine rings is 1. The summed E-state index contributed by atoms with van der Waals surface area (Å²) in [6.07, 6.45) is 5.38. The van der Waals surface area contributed by atoms with Gasteiger partial charge < -0.3 is 4.90 Å². The number of imidazole rings is 1. The third kappa shape index (κ3) is 4.55. The van der Waals surface area contributed by atoms with E-state index >= 15 is 0 Å². The van der Waals surface area contributed by atoms with Gasteiger partial charge in [-0.25, -0.2) is 18.5 Å². The van der Waals surface area contributed by atoms with E-state index in [1.54, 1.807) is 25.3 Å². The summed E-state index contributed by atoms with van der Waals surface area (Å²) < 4.78 is 57.5. The highest BCUT2D eigenvalue weighted by molar-refractivity contribution is 7.87. The predicted octanol–water partition coefficient (Wildman–Crippen LogP) is 3.27. The summed E-state index contributed by atoms with van der Waals surface area (Å²) in [5.41, 5.74) is 1.48. The van der Waals surface area contributed by atoms with Crippen LogP contribution < -0.4 is 9.62 Å². The van der Waals surface area contributed by atoms with E-state index in [2.05, 4.69) is 4.98 Å². The molecule has 1 unspecified atom stereocenters. The Labute approximate surface area is 191 Å². The van der Waals surface area contributed by atoms with E-state index in [1.807, 2.05) is 9.62 Å². The molecule has 0 aliphatic carbocycles. The summed E-state index contributed by atoms with van der Waals surface area (Å²) in [7, 11) is -2.62. The maximum atomic E-state index is 14.5. The van der Waals surface area contributed by atoms with E-state index in [1.165, 1.54) is 23.7 Å². The molecule has 8 nitrogen and oxygen atoms in total. The Balaban J connectivity index is 1.70. The number of halogens is 2. The third-order valence-corrected chi connectivity index (χ3v) is 7.47. The van der Waals surface area contributed by atoms with Gasteiger partial charge in [-0.05, 0) is 49.6 Å². The van der Waals surface area contributed by atoms with E-state index in [4.69, 9.17) is 0 Å². The van der Waals surface area contributed by atoms with Crippen molar-refractivity contribution in [3.63, 3.8) is 0 Å². The molecule has 0 spiro atoms. The number of nitrogens with zero attached hydrogens (tertiary/aromatic N) is 4. The summed E-state index contributed by atoms with van der Waals surface area (Å²) >= 11 is 0. The van der Waals surface area contributed by atoms with E-state index in [-0.39, 0.29) is 23.8 Å². The van der Waals surface area contributed by atoms with Crippen LogP contribution in [0.2, 0.25) is 0 Å². The molecule has 1 aromatic carbocycles. The number of aromatic nitrogens is 2. The van der Waals surface area contributed by atoms with Crippen molar-refractivity contribution >= 4 is 27.5 Å². The maximum Gasteiger partial charge on any atom is 0.303 e. The summed E-state index contributed by atoms with van der Waals surface area (Å²) in [5.74, 6) is -1.78. The summed E-state index contributed by atoms with van der Waals surface area (Å²) in [5, 5.41) is 0. The lowest BCUT2D eigenvalue weighted by Crippen LogP contribution is -2.41. The lowest BCUT2D eigenvalue weighted by atomic mass is 9.94. The van der Waals surface area contributed by atoms with Crippen LogP contribution in [-0.2, 0) is 10.2 Å². The zero-order chi connectivity index (χ0) is 23.8. The average Bonchev–Trinajstić information content (AvgIpc) is 3.23. The van der Waals surface area contributed by atoms with Crippen LogP contribution in [0.15, 0.2) is 42.7 Å². The Morgan fingerprint density at radius 1 is 1.24 bits per heavy atom. The summed E-state index contributed by atoms with van der Waals surface area (Å²) in [4.78, 5) is 18.9. The van der Waals surface area contributed by atoms with Gasteiger partial charge in [-0.3, -0.25) is 9.20 Å². The quantitative estimate of drug-likeness (QED) is 0.589. The van der Waals surface area contributed by atoms with Crippen LogP contribution in [0.3, 0.4) is 0 Å². The molecule has 11 heteroatoms. The van der Waals surface area contributed by atoms with Gasteiger partial charge in [-0.15, -0.1) is 0 Å². The molecule has 1 aliphatic rings. The van der Waals surface area contributed by atoms with E-state index < -0.39 is 27.8 Å². The van der Waals surface area contributed by atoms with Gasteiger partial charge in [0.1, 0.15) is 23.0 Å². The van der Waals surface area contributed by atoms with Crippen molar-refractivity contribution < 1.29 is 22.0 Å². The molecule has 3 heterocycles. The number of nitrogens with one attached hydrogen (secondary N) is 1. The molecule has 1 saturated heterocycles. The first kappa shape index (κ1) is 23.1. The first-order valence-electron chi connectivity index (χ1n) is 10.7. The maximum absolute atomic E-state index is 14.5. The Hall–Kier alpha value is -3.05. The fraction of sp³-hybridized carbons (Fsp3) is 0.364. The Bertz CT molecular complexity index is 1290. The van der Waals surface area contributed by atoms with Crippen molar-refractivity contribution in [2.75, 3.05) is 25.0 Å². The topological polar surface area (TPSA) is 87.0 Å². The van der Waals surface area contributed by atoms with Gasteiger partial charge in [0, 0.05) is 31.9 Å². The van der Waals surface area contributed by atoms with Crippen molar-refractivity contribution in [3.8, 4) is 0 Å². The van der Waals surface area contributed by atoms with Crippen LogP contribution in [0.5, 0.6) is 0 Å². The van der Waals surface area contributed by atoms with Crippen molar-refractivity contribution in [1.29, 1.82) is 0 Å². The minimum Gasteiger partial charge on any atom is -0.363 e. The van der Waals surface area contributed by atoms with E-state index in [0.29, 0.717) is 24.3 Å². The normalized spacial score (nSPS) is 17.0. The van der Waals surface area contributed by atoms with Gasteiger partial charge >= 0.3 is 10.2 Å². The van der Waals surface area contributed by atoms with E-state index in [9.17, 15) is 22.0 Å². The van der Waals surface area contributed by atoms with Crippen LogP contribution in [0.25, 0.3) is 5.65 Å². The molecular formula is C22H25F2N5O3S. The largest absolute Gasteiger partial charge is 0.363 e. The number of hydrogen-bond acceptors (Lipinski definition) is 5. The minimum atomic E-state index is -3.98. The molecule has 176 valence electrons. The molecule has 0 bridgehead atoms. The predicted molar refractivity (Wildman–Crippen MR) is 120 cm³/mol. The van der Waals surface area contributed by atoms with Crippen molar-refractivity contribution in [2.24, 2.45) is 0 Å². The first-order valence-corrected chi connectivity index (χ1v) is 12.1. The molecule has 1 N–H and O–H groups in total. The molecular weight excluding hydrogens is 452 g/mol. The first-order chi connectivity index (χ1) is 15.7. The van der Waals surface area contributed by atoms with Crippen LogP contribution in [-0.4, -0.2) is 48.2 Å². The molecule has 0 saturated carbocycles. The fourth-order valence-corrected chi connectivity index (χ4v) is 4.89. The van der Waals surface area contributed by atoms with Gasteiger partial charge in [0.2, 0.25) is 0 Å². The molecule has 4 rings (SSSR count). The smallest absolute Gasteiger partial charge is 0.303 e. The van der Waals surface area contributed by atoms with Crippen LogP contribution in [0.1, 0.15) is 48.3 Å². The van der Waals surface area contributed by atoms with Gasteiger partial charge in [0.25, 0.3) is 5.91 Å². The minimum absolute atomic E-state index is 0.0467. The standard InChI is InChI=1S/C22H25F2N5O3S/c1-3-27(2)33(31,32)26-22(30)20-13-25-21-10-8-16(14-29(20)21)28-11-5-4-6-19(28)17-12-15(23)7-9-18(17)24/h7-10,12-14,19H,3-6,11H2,1-2H3,(H,26,30). The van der Waals surface area contributed by atoms with Gasteiger partial charge in [0.05, 0.1) is 17.9 Å². The van der Waals surface area contributed by atoms with Crippen LogP contribution in [0, 0.1) is 11.6 Å². The lowest BCUT2D eigenvalue weighted by molar-refractivity contribution is 0.0974. The number of fused-ring (bicyclic) bond motifs is 1. The van der Waals surface area contributed by atoms with Crippen molar-refractivity contribution in [1.82, 2.24) is 18.4 Å². The van der Waals surface area contributed by atoms with Gasteiger partial charge in [-0.2, -0.15) is 12.7 Å². The van der Waals surface area contributed by atoms with Gasteiger partial charge in [-0.1, -0.05) is 6.92 Å². The Morgan fingerprint density at radius 2 is 2.03 bits per heavy atom. The molecule has 1 fully saturated rings. The number of pyridine rings is 1. The Kier molecular flexibility index (Phi) is 6.35.